The van der Waals surface area contributed by atoms with E-state index >= 15 is 13.2 Å². The fraction of sp³-hybridized carbons (Fsp3) is 0.188. The maximum atomic E-state index is 15.9. The fourth-order valence-electron chi connectivity index (χ4n) is 6.16. The van der Waals surface area contributed by atoms with E-state index in [1.165, 1.54) is 30.2 Å². The van der Waals surface area contributed by atoms with Crippen LogP contribution in [0.3, 0.4) is 0 Å². The van der Waals surface area contributed by atoms with E-state index in [0.717, 1.165) is 13.3 Å². The Kier molecular flexibility index (Phi) is 6.65. The molecule has 42 heavy (non-hydrogen) atoms. The lowest BCUT2D eigenvalue weighted by atomic mass is 9.69. The van der Waals surface area contributed by atoms with Crippen LogP contribution in [0.25, 0.3) is 10.8 Å². The smallest absolute Gasteiger partial charge is 0.417 e. The number of methoxy groups -OCH3 is 2. The minimum absolute atomic E-state index is 0.0395. The van der Waals surface area contributed by atoms with Crippen LogP contribution in [-0.4, -0.2) is 37.3 Å². The zero-order valence-electron chi connectivity index (χ0n) is 22.5. The molecule has 2 aliphatic heterocycles. The molecule has 0 aromatic heterocycles. The summed E-state index contributed by atoms with van der Waals surface area (Å²) in [5.41, 5.74) is -2.61. The molecular formula is C32H24ClF3N2O4. The lowest BCUT2D eigenvalue weighted by Crippen LogP contribution is -2.63. The van der Waals surface area contributed by atoms with Crippen molar-refractivity contribution in [1.29, 1.82) is 0 Å². The van der Waals surface area contributed by atoms with E-state index in [1.807, 2.05) is 0 Å². The van der Waals surface area contributed by atoms with Crippen molar-refractivity contribution in [2.75, 3.05) is 19.1 Å². The second-order valence-corrected chi connectivity index (χ2v) is 10.5. The number of fused-ring (bicyclic) bond motifs is 4. The molecule has 2 aliphatic rings. The summed E-state index contributed by atoms with van der Waals surface area (Å²) in [4.78, 5) is 29.3. The molecule has 0 saturated carbocycles. The van der Waals surface area contributed by atoms with Gasteiger partial charge in [-0.2, -0.15) is 13.2 Å². The van der Waals surface area contributed by atoms with E-state index in [2.05, 4.69) is 0 Å². The van der Waals surface area contributed by atoms with Gasteiger partial charge in [-0.3, -0.25) is 9.80 Å². The van der Waals surface area contributed by atoms with Crippen molar-refractivity contribution in [2.24, 2.45) is 0 Å². The minimum atomic E-state index is -5.05. The predicted octanol–water partition coefficient (Wildman–Crippen LogP) is 7.56. The number of carbonyl (C=O) groups is 2. The van der Waals surface area contributed by atoms with Crippen LogP contribution >= 0.6 is 11.6 Å². The van der Waals surface area contributed by atoms with Crippen molar-refractivity contribution < 1.29 is 32.2 Å². The zero-order chi connectivity index (χ0) is 29.8. The van der Waals surface area contributed by atoms with Crippen LogP contribution in [0.4, 0.5) is 23.7 Å². The molecule has 4 aromatic rings. The number of nitrogens with zero attached hydrogens (tertiary/aromatic N) is 2. The number of alkyl halides is 3. The first kappa shape index (κ1) is 27.7. The third kappa shape index (κ3) is 4.02. The number of benzene rings is 4. The first-order valence-corrected chi connectivity index (χ1v) is 13.4. The quantitative estimate of drug-likeness (QED) is 0.225. The average molecular weight is 593 g/mol. The van der Waals surface area contributed by atoms with Gasteiger partial charge >= 0.3 is 18.2 Å². The molecule has 0 saturated heterocycles. The highest BCUT2D eigenvalue weighted by Crippen LogP contribution is 2.63. The van der Waals surface area contributed by atoms with Gasteiger partial charge in [-0.25, -0.2) is 9.59 Å². The first-order valence-electron chi connectivity index (χ1n) is 13.0. The average Bonchev–Trinajstić information content (AvgIpc) is 3.37. The molecule has 6 nitrogen and oxygen atoms in total. The molecule has 0 spiro atoms. The van der Waals surface area contributed by atoms with Crippen LogP contribution in [-0.2, 0) is 21.6 Å². The van der Waals surface area contributed by atoms with E-state index in [9.17, 15) is 9.59 Å². The maximum absolute atomic E-state index is 15.9. The summed E-state index contributed by atoms with van der Waals surface area (Å²) in [7, 11) is 2.62. The highest BCUT2D eigenvalue weighted by molar-refractivity contribution is 6.30. The van der Waals surface area contributed by atoms with Gasteiger partial charge in [0.15, 0.2) is 5.54 Å². The van der Waals surface area contributed by atoms with Crippen molar-refractivity contribution in [3.8, 4) is 5.75 Å². The molecule has 214 valence electrons. The number of ether oxygens (including phenoxy) is 2. The SMILES string of the molecule is COC(=O)C1=CN2C(=O)N(Cc3ccc(OC)cc3)c3ccc(Cl)cc3[C@]2(C(F)(F)F)[C@@H]1c1cccc2ccccc12. The molecule has 0 aliphatic carbocycles. The molecular weight excluding hydrogens is 569 g/mol. The van der Waals surface area contributed by atoms with Crippen LogP contribution in [0.5, 0.6) is 5.75 Å². The third-order valence-electron chi connectivity index (χ3n) is 7.96. The number of anilines is 1. The first-order chi connectivity index (χ1) is 20.1. The van der Waals surface area contributed by atoms with Crippen molar-refractivity contribution in [3.05, 3.63) is 118 Å². The van der Waals surface area contributed by atoms with E-state index < -0.39 is 29.6 Å². The number of rotatable bonds is 5. The molecule has 0 fully saturated rings. The van der Waals surface area contributed by atoms with Crippen molar-refractivity contribution in [3.63, 3.8) is 0 Å². The summed E-state index contributed by atoms with van der Waals surface area (Å²) in [6.07, 6.45) is -4.07. The summed E-state index contributed by atoms with van der Waals surface area (Å²) in [6, 6.07) is 22.0. The Morgan fingerprint density at radius 3 is 2.38 bits per heavy atom. The summed E-state index contributed by atoms with van der Waals surface area (Å²) in [5, 5.41) is 1.26. The highest BCUT2D eigenvalue weighted by Gasteiger charge is 2.72. The lowest BCUT2D eigenvalue weighted by molar-refractivity contribution is -0.223. The van der Waals surface area contributed by atoms with Crippen molar-refractivity contribution >= 4 is 40.1 Å². The number of carbonyl (C=O) groups excluding carboxylic acids is 2. The number of amides is 2. The van der Waals surface area contributed by atoms with Gasteiger partial charge < -0.3 is 9.47 Å². The second-order valence-electron chi connectivity index (χ2n) is 10.1. The second kappa shape index (κ2) is 10.1. The molecule has 0 radical (unpaired) electrons. The molecule has 2 atom stereocenters. The van der Waals surface area contributed by atoms with E-state index in [0.29, 0.717) is 27.0 Å². The molecule has 0 unspecified atom stereocenters. The molecule has 0 N–H and O–H groups in total. The number of hydrogen-bond acceptors (Lipinski definition) is 4. The topological polar surface area (TPSA) is 59.1 Å². The Morgan fingerprint density at radius 2 is 1.69 bits per heavy atom. The Labute approximate surface area is 244 Å². The predicted molar refractivity (Wildman–Crippen MR) is 152 cm³/mol. The largest absolute Gasteiger partial charge is 0.497 e. The zero-order valence-corrected chi connectivity index (χ0v) is 23.2. The normalized spacial score (nSPS) is 19.8. The standard InChI is InChI=1S/C32H24ClF3N2O4/c1-41-22-13-10-19(11-14-22)17-37-27-15-12-21(33)16-26(27)31(32(34,35)36)28(25(29(39)42-2)18-38(31)30(37)40)24-9-5-7-20-6-3-4-8-23(20)24/h3-16,18,28H,17H2,1-2H3/t28-,31-/m1/s1. The number of halogens is 4. The van der Waals surface area contributed by atoms with E-state index in [-0.39, 0.29) is 34.0 Å². The van der Waals surface area contributed by atoms with E-state index in [4.69, 9.17) is 21.1 Å². The Balaban J connectivity index is 1.65. The van der Waals surface area contributed by atoms with Crippen LogP contribution < -0.4 is 9.64 Å². The monoisotopic (exact) mass is 592 g/mol. The van der Waals surface area contributed by atoms with Gasteiger partial charge in [0.1, 0.15) is 5.75 Å². The Morgan fingerprint density at radius 1 is 0.976 bits per heavy atom. The van der Waals surface area contributed by atoms with Crippen LogP contribution in [0.1, 0.15) is 22.6 Å². The van der Waals surface area contributed by atoms with Gasteiger partial charge in [-0.1, -0.05) is 66.2 Å². The number of esters is 1. The minimum Gasteiger partial charge on any atom is -0.497 e. The fourth-order valence-corrected chi connectivity index (χ4v) is 6.33. The van der Waals surface area contributed by atoms with Gasteiger partial charge in [-0.15, -0.1) is 0 Å². The van der Waals surface area contributed by atoms with Gasteiger partial charge in [0.05, 0.1) is 37.9 Å². The molecule has 0 bridgehead atoms. The molecule has 6 rings (SSSR count). The third-order valence-corrected chi connectivity index (χ3v) is 8.20. The van der Waals surface area contributed by atoms with Crippen LogP contribution in [0.15, 0.2) is 96.7 Å². The van der Waals surface area contributed by atoms with E-state index in [1.54, 1.807) is 66.7 Å². The summed E-state index contributed by atoms with van der Waals surface area (Å²) < 4.78 is 58.0. The number of hydrogen-bond donors (Lipinski definition) is 0. The van der Waals surface area contributed by atoms with Crippen LogP contribution in [0.2, 0.25) is 5.02 Å². The van der Waals surface area contributed by atoms with Crippen molar-refractivity contribution in [1.82, 2.24) is 4.90 Å². The summed E-state index contributed by atoms with van der Waals surface area (Å²) in [5.74, 6) is -2.03. The van der Waals surface area contributed by atoms with Crippen molar-refractivity contribution in [2.45, 2.75) is 24.2 Å². The molecule has 2 amide bonds. The molecule has 10 heteroatoms. The summed E-state index contributed by atoms with van der Waals surface area (Å²) >= 11 is 6.36. The Hall–Kier alpha value is -4.50. The van der Waals surface area contributed by atoms with Gasteiger partial charge in [0, 0.05) is 16.8 Å². The lowest BCUT2D eigenvalue weighted by Gasteiger charge is -2.50. The summed E-state index contributed by atoms with van der Waals surface area (Å²) in [6.45, 7) is -0.0395. The van der Waals surface area contributed by atoms with Crippen LogP contribution in [0, 0.1) is 0 Å². The van der Waals surface area contributed by atoms with Gasteiger partial charge in [-0.05, 0) is 52.2 Å². The molecule has 2 heterocycles. The van der Waals surface area contributed by atoms with Gasteiger partial charge in [0.25, 0.3) is 0 Å². The highest BCUT2D eigenvalue weighted by atomic mass is 35.5. The Bertz CT molecular complexity index is 1750. The molecule has 4 aromatic carbocycles. The maximum Gasteiger partial charge on any atom is 0.417 e. The van der Waals surface area contributed by atoms with Gasteiger partial charge in [0.2, 0.25) is 0 Å². The number of urea groups is 1.